The third-order valence-corrected chi connectivity index (χ3v) is 8.98. The average molecular weight is 629 g/mol. The van der Waals surface area contributed by atoms with Crippen molar-refractivity contribution in [3.8, 4) is 11.1 Å². The van der Waals surface area contributed by atoms with Crippen molar-refractivity contribution >= 4 is 11.9 Å². The molecular formula is C38H48N2O6. The fraction of sp³-hybridized carbons (Fsp3) is 0.474. The van der Waals surface area contributed by atoms with Crippen molar-refractivity contribution in [2.45, 2.75) is 95.9 Å². The van der Waals surface area contributed by atoms with Crippen LogP contribution in [0.5, 0.6) is 0 Å². The first-order chi connectivity index (χ1) is 22.5. The highest BCUT2D eigenvalue weighted by Gasteiger charge is 2.33. The van der Waals surface area contributed by atoms with Crippen LogP contribution in [0.4, 0.5) is 0 Å². The molecule has 5 rings (SSSR count). The number of aliphatic hydroxyl groups excluding tert-OH is 1. The Kier molecular flexibility index (Phi) is 12.8. The number of carboxylic acid groups (broad SMARTS) is 1. The Bertz CT molecular complexity index is 1400. The smallest absolute Gasteiger partial charge is 0.303 e. The summed E-state index contributed by atoms with van der Waals surface area (Å²) in [4.78, 5) is 25.5. The molecule has 1 amide bonds. The topological polar surface area (TPSA) is 108 Å². The van der Waals surface area contributed by atoms with E-state index in [9.17, 15) is 14.7 Å². The molecule has 3 atom stereocenters. The minimum absolute atomic E-state index is 0.0110. The number of unbranched alkanes of at least 4 members (excludes halogenated alkanes) is 3. The summed E-state index contributed by atoms with van der Waals surface area (Å²) in [5.74, 6) is -0.758. The van der Waals surface area contributed by atoms with Crippen molar-refractivity contribution in [3.05, 3.63) is 95.1 Å². The molecule has 0 unspecified atom stereocenters. The molecule has 0 saturated carbocycles. The van der Waals surface area contributed by atoms with E-state index in [0.717, 1.165) is 78.7 Å². The first kappa shape index (κ1) is 33.8. The Morgan fingerprint density at radius 1 is 0.783 bits per heavy atom. The Morgan fingerprint density at radius 3 is 2.24 bits per heavy atom. The molecule has 0 spiro atoms. The number of aliphatic carboxylic acids is 1. The van der Waals surface area contributed by atoms with E-state index in [1.165, 1.54) is 19.3 Å². The fourth-order valence-electron chi connectivity index (χ4n) is 6.39. The summed E-state index contributed by atoms with van der Waals surface area (Å²) >= 11 is 0. The zero-order chi connectivity index (χ0) is 32.1. The molecule has 2 saturated heterocycles. The summed E-state index contributed by atoms with van der Waals surface area (Å²) in [6, 6.07) is 24.6. The molecule has 2 aliphatic rings. The molecule has 3 aromatic carbocycles. The minimum Gasteiger partial charge on any atom is -0.481 e. The number of amides is 1. The van der Waals surface area contributed by atoms with Gasteiger partial charge in [0.2, 0.25) is 5.91 Å². The van der Waals surface area contributed by atoms with Crippen LogP contribution < -0.4 is 5.32 Å². The van der Waals surface area contributed by atoms with Gasteiger partial charge >= 0.3 is 5.97 Å². The average Bonchev–Trinajstić information content (AvgIpc) is 3.09. The van der Waals surface area contributed by atoms with E-state index in [1.54, 1.807) is 0 Å². The van der Waals surface area contributed by atoms with Crippen LogP contribution in [-0.4, -0.2) is 52.7 Å². The summed E-state index contributed by atoms with van der Waals surface area (Å²) in [6.07, 6.45) is 7.72. The van der Waals surface area contributed by atoms with Crippen molar-refractivity contribution in [2.24, 2.45) is 0 Å². The summed E-state index contributed by atoms with van der Waals surface area (Å²) in [5, 5.41) is 21.3. The molecule has 2 fully saturated rings. The number of benzene rings is 3. The molecule has 2 aliphatic heterocycles. The Hall–Kier alpha value is -3.56. The van der Waals surface area contributed by atoms with Gasteiger partial charge in [-0.25, -0.2) is 0 Å². The largest absolute Gasteiger partial charge is 0.481 e. The molecule has 246 valence electrons. The third-order valence-electron chi connectivity index (χ3n) is 8.98. The second-order valence-corrected chi connectivity index (χ2v) is 12.6. The van der Waals surface area contributed by atoms with Crippen LogP contribution in [0, 0.1) is 0 Å². The zero-order valence-corrected chi connectivity index (χ0v) is 26.7. The molecule has 0 radical (unpaired) electrons. The van der Waals surface area contributed by atoms with Crippen LogP contribution in [-0.2, 0) is 32.2 Å². The number of piperidine rings is 1. The third kappa shape index (κ3) is 10.2. The van der Waals surface area contributed by atoms with Gasteiger partial charge in [0, 0.05) is 37.9 Å². The second-order valence-electron chi connectivity index (χ2n) is 12.6. The van der Waals surface area contributed by atoms with Crippen LogP contribution in [0.1, 0.15) is 98.9 Å². The molecule has 3 aromatic rings. The number of carbonyl (C=O) groups is 2. The van der Waals surface area contributed by atoms with Crippen molar-refractivity contribution in [1.82, 2.24) is 10.2 Å². The van der Waals surface area contributed by atoms with Crippen LogP contribution in [0.15, 0.2) is 72.8 Å². The number of hydrogen-bond donors (Lipinski definition) is 3. The molecule has 8 nitrogen and oxygen atoms in total. The number of hydrogen-bond acceptors (Lipinski definition) is 6. The monoisotopic (exact) mass is 628 g/mol. The molecule has 0 aliphatic carbocycles. The standard InChI is InChI=1S/C38H48N2O6/c41-27-28-16-18-30(19-17-28)35-24-34(26-40-20-6-3-7-21-40)45-38(46-35)33-13-9-12-32(23-33)31-11-8-10-29(22-31)25-39-36(42)14-4-1-2-5-15-37(43)44/h8-13,16-19,22-23,34-35,38,41H,1-7,14-15,20-21,24-27H2,(H,39,42)(H,43,44)/t34-,35+,38+/m1/s1. The van der Waals surface area contributed by atoms with Gasteiger partial charge in [-0.2, -0.15) is 0 Å². The number of ether oxygens (including phenoxy) is 2. The molecule has 8 heteroatoms. The Labute approximate surface area is 272 Å². The summed E-state index contributed by atoms with van der Waals surface area (Å²) < 4.78 is 13.3. The van der Waals surface area contributed by atoms with Crippen LogP contribution in [0.2, 0.25) is 0 Å². The minimum atomic E-state index is -0.769. The number of likely N-dealkylation sites (tertiary alicyclic amines) is 1. The van der Waals surface area contributed by atoms with E-state index in [4.69, 9.17) is 14.6 Å². The SMILES string of the molecule is O=C(O)CCCCCCC(=O)NCc1cccc(-c2cccc([C@H]3O[C@@H](CN4CCCCC4)C[C@@H](c4ccc(CO)cc4)O3)c2)c1. The van der Waals surface area contributed by atoms with E-state index in [-0.39, 0.29) is 31.1 Å². The molecule has 0 aromatic heterocycles. The van der Waals surface area contributed by atoms with Gasteiger partial charge in [-0.3, -0.25) is 9.59 Å². The zero-order valence-electron chi connectivity index (χ0n) is 26.7. The number of nitrogens with one attached hydrogen (secondary N) is 1. The van der Waals surface area contributed by atoms with E-state index >= 15 is 0 Å². The van der Waals surface area contributed by atoms with Crippen LogP contribution in [0.25, 0.3) is 11.1 Å². The van der Waals surface area contributed by atoms with Crippen molar-refractivity contribution < 1.29 is 29.3 Å². The molecule has 3 N–H and O–H groups in total. The predicted molar refractivity (Wildman–Crippen MR) is 178 cm³/mol. The van der Waals surface area contributed by atoms with Gasteiger partial charge in [-0.15, -0.1) is 0 Å². The van der Waals surface area contributed by atoms with Gasteiger partial charge in [-0.1, -0.05) is 79.9 Å². The molecule has 0 bridgehead atoms. The fourth-order valence-corrected chi connectivity index (χ4v) is 6.39. The first-order valence-corrected chi connectivity index (χ1v) is 16.9. The van der Waals surface area contributed by atoms with Gasteiger partial charge in [-0.05, 0) is 78.7 Å². The lowest BCUT2D eigenvalue weighted by Crippen LogP contribution is -2.41. The first-order valence-electron chi connectivity index (χ1n) is 16.9. The highest BCUT2D eigenvalue weighted by Crippen LogP contribution is 2.39. The highest BCUT2D eigenvalue weighted by molar-refractivity contribution is 5.76. The summed E-state index contributed by atoms with van der Waals surface area (Å²) in [6.45, 7) is 3.59. The number of aliphatic hydroxyl groups is 1. The van der Waals surface area contributed by atoms with Crippen LogP contribution >= 0.6 is 0 Å². The normalized spacial score (nSPS) is 20.3. The lowest BCUT2D eigenvalue weighted by molar-refractivity contribution is -0.253. The summed E-state index contributed by atoms with van der Waals surface area (Å²) in [5.41, 5.74) is 6.09. The quantitative estimate of drug-likeness (QED) is 0.157. The number of nitrogens with zero attached hydrogens (tertiary/aromatic N) is 1. The van der Waals surface area contributed by atoms with Gasteiger partial charge in [0.05, 0.1) is 18.8 Å². The van der Waals surface area contributed by atoms with Gasteiger partial charge in [0.1, 0.15) is 0 Å². The number of rotatable bonds is 15. The second kappa shape index (κ2) is 17.4. The van der Waals surface area contributed by atoms with Crippen molar-refractivity contribution in [3.63, 3.8) is 0 Å². The van der Waals surface area contributed by atoms with Crippen LogP contribution in [0.3, 0.4) is 0 Å². The van der Waals surface area contributed by atoms with Gasteiger partial charge in [0.15, 0.2) is 6.29 Å². The van der Waals surface area contributed by atoms with E-state index in [1.807, 2.05) is 30.3 Å². The maximum absolute atomic E-state index is 12.4. The van der Waals surface area contributed by atoms with Crippen molar-refractivity contribution in [2.75, 3.05) is 19.6 Å². The molecular weight excluding hydrogens is 580 g/mol. The Morgan fingerprint density at radius 2 is 1.50 bits per heavy atom. The number of carbonyl (C=O) groups excluding carboxylic acids is 1. The molecule has 2 heterocycles. The van der Waals surface area contributed by atoms with Crippen molar-refractivity contribution in [1.29, 1.82) is 0 Å². The van der Waals surface area contributed by atoms with Gasteiger partial charge in [0.25, 0.3) is 0 Å². The lowest BCUT2D eigenvalue weighted by Gasteiger charge is -2.39. The maximum atomic E-state index is 12.4. The van der Waals surface area contributed by atoms with E-state index < -0.39 is 12.3 Å². The van der Waals surface area contributed by atoms with E-state index in [2.05, 4.69) is 52.7 Å². The van der Waals surface area contributed by atoms with Gasteiger partial charge < -0.3 is 29.9 Å². The highest BCUT2D eigenvalue weighted by atomic mass is 16.7. The summed E-state index contributed by atoms with van der Waals surface area (Å²) in [7, 11) is 0. The predicted octanol–water partition coefficient (Wildman–Crippen LogP) is 6.92. The molecule has 46 heavy (non-hydrogen) atoms. The Balaban J connectivity index is 1.23. The van der Waals surface area contributed by atoms with E-state index in [0.29, 0.717) is 19.4 Å². The lowest BCUT2D eigenvalue weighted by atomic mass is 9.98. The number of carboxylic acids is 1. The maximum Gasteiger partial charge on any atom is 0.303 e.